The Morgan fingerprint density at radius 1 is 1.42 bits per heavy atom. The van der Waals surface area contributed by atoms with Crippen LogP contribution in [0.5, 0.6) is 0 Å². The van der Waals surface area contributed by atoms with Crippen molar-refractivity contribution < 1.29 is 9.53 Å². The summed E-state index contributed by atoms with van der Waals surface area (Å²) in [5.41, 5.74) is 5.96. The second-order valence-electron chi connectivity index (χ2n) is 3.96. The summed E-state index contributed by atoms with van der Waals surface area (Å²) in [5.74, 6) is -0.0667. The standard InChI is InChI=1S/C9H15NO2/c10-9-5-2-1-3-7(9)12-8(11)4-6-9/h7H,1-6,10H2. The minimum atomic E-state index is -0.188. The molecule has 2 unspecified atom stereocenters. The van der Waals surface area contributed by atoms with Gasteiger partial charge in [-0.3, -0.25) is 4.79 Å². The van der Waals surface area contributed by atoms with Gasteiger partial charge in [-0.25, -0.2) is 0 Å². The molecule has 0 aromatic heterocycles. The van der Waals surface area contributed by atoms with Gasteiger partial charge in [0.1, 0.15) is 6.10 Å². The lowest BCUT2D eigenvalue weighted by atomic mass is 9.75. The van der Waals surface area contributed by atoms with E-state index in [-0.39, 0.29) is 17.6 Å². The van der Waals surface area contributed by atoms with Crippen molar-refractivity contribution >= 4 is 5.97 Å². The van der Waals surface area contributed by atoms with Crippen molar-refractivity contribution in [3.05, 3.63) is 0 Å². The maximum absolute atomic E-state index is 11.0. The highest BCUT2D eigenvalue weighted by molar-refractivity contribution is 5.70. The lowest BCUT2D eigenvalue weighted by Crippen LogP contribution is -2.57. The fourth-order valence-corrected chi connectivity index (χ4v) is 2.25. The molecule has 2 N–H and O–H groups in total. The third-order valence-electron chi connectivity index (χ3n) is 3.07. The van der Waals surface area contributed by atoms with Gasteiger partial charge in [0.2, 0.25) is 0 Å². The first-order valence-corrected chi connectivity index (χ1v) is 4.69. The topological polar surface area (TPSA) is 52.3 Å². The Morgan fingerprint density at radius 2 is 2.25 bits per heavy atom. The van der Waals surface area contributed by atoms with E-state index in [9.17, 15) is 4.79 Å². The third-order valence-corrected chi connectivity index (χ3v) is 3.07. The molecular formula is C9H15NO2. The van der Waals surface area contributed by atoms with E-state index in [4.69, 9.17) is 10.5 Å². The zero-order valence-corrected chi connectivity index (χ0v) is 7.21. The van der Waals surface area contributed by atoms with Crippen LogP contribution >= 0.6 is 0 Å². The molecule has 12 heavy (non-hydrogen) atoms. The van der Waals surface area contributed by atoms with E-state index in [1.165, 1.54) is 6.42 Å². The summed E-state index contributed by atoms with van der Waals surface area (Å²) < 4.78 is 5.23. The number of nitrogens with two attached hydrogens (primary N) is 1. The van der Waals surface area contributed by atoms with Gasteiger partial charge in [0, 0.05) is 6.42 Å². The summed E-state index contributed by atoms with van der Waals surface area (Å²) in [6.07, 6.45) is 5.64. The number of ether oxygens (including phenoxy) is 1. The molecule has 1 aliphatic heterocycles. The molecule has 0 spiro atoms. The number of rotatable bonds is 0. The van der Waals surface area contributed by atoms with E-state index < -0.39 is 0 Å². The molecule has 3 heteroatoms. The van der Waals surface area contributed by atoms with Crippen molar-refractivity contribution in [1.29, 1.82) is 0 Å². The molecule has 1 heterocycles. The minimum Gasteiger partial charge on any atom is -0.460 e. The molecule has 2 rings (SSSR count). The lowest BCUT2D eigenvalue weighted by Gasteiger charge is -2.43. The highest BCUT2D eigenvalue weighted by Crippen LogP contribution is 2.35. The van der Waals surface area contributed by atoms with Crippen LogP contribution in [0.25, 0.3) is 0 Å². The number of hydrogen-bond acceptors (Lipinski definition) is 3. The quantitative estimate of drug-likeness (QED) is 0.549. The van der Waals surface area contributed by atoms with Crippen LogP contribution in [0.3, 0.4) is 0 Å². The number of hydrogen-bond donors (Lipinski definition) is 1. The SMILES string of the molecule is NC12CCCCC1OC(=O)CC2. The van der Waals surface area contributed by atoms with Gasteiger partial charge in [0.25, 0.3) is 0 Å². The van der Waals surface area contributed by atoms with Gasteiger partial charge >= 0.3 is 5.97 Å². The summed E-state index contributed by atoms with van der Waals surface area (Å²) in [5, 5.41) is 0. The number of carbonyl (C=O) groups is 1. The molecule has 0 aromatic carbocycles. The van der Waals surface area contributed by atoms with E-state index in [1.807, 2.05) is 0 Å². The minimum absolute atomic E-state index is 0.00694. The molecule has 1 aliphatic carbocycles. The third kappa shape index (κ3) is 1.22. The van der Waals surface area contributed by atoms with Crippen molar-refractivity contribution in [3.63, 3.8) is 0 Å². The highest BCUT2D eigenvalue weighted by Gasteiger charge is 2.43. The van der Waals surface area contributed by atoms with Crippen LogP contribution in [-0.4, -0.2) is 17.6 Å². The Kier molecular flexibility index (Phi) is 1.83. The summed E-state index contributed by atoms with van der Waals surface area (Å²) in [4.78, 5) is 11.0. The smallest absolute Gasteiger partial charge is 0.306 e. The van der Waals surface area contributed by atoms with E-state index in [0.29, 0.717) is 6.42 Å². The number of esters is 1. The van der Waals surface area contributed by atoms with E-state index >= 15 is 0 Å². The molecule has 2 fully saturated rings. The molecule has 1 saturated carbocycles. The molecule has 1 saturated heterocycles. The zero-order valence-electron chi connectivity index (χ0n) is 7.21. The second-order valence-corrected chi connectivity index (χ2v) is 3.96. The molecular weight excluding hydrogens is 154 g/mol. The summed E-state index contributed by atoms with van der Waals surface area (Å²) in [6.45, 7) is 0. The fraction of sp³-hybridized carbons (Fsp3) is 0.889. The molecule has 0 radical (unpaired) electrons. The van der Waals surface area contributed by atoms with E-state index in [0.717, 1.165) is 25.7 Å². The van der Waals surface area contributed by atoms with Crippen molar-refractivity contribution in [2.24, 2.45) is 5.73 Å². The van der Waals surface area contributed by atoms with Crippen molar-refractivity contribution in [1.82, 2.24) is 0 Å². The first-order valence-electron chi connectivity index (χ1n) is 4.69. The molecule has 0 aromatic rings. The van der Waals surface area contributed by atoms with Gasteiger partial charge < -0.3 is 10.5 Å². The van der Waals surface area contributed by atoms with Crippen LogP contribution < -0.4 is 5.73 Å². The normalized spacial score (nSPS) is 41.8. The molecule has 3 nitrogen and oxygen atoms in total. The largest absolute Gasteiger partial charge is 0.460 e. The van der Waals surface area contributed by atoms with Gasteiger partial charge in [-0.05, 0) is 25.7 Å². The Morgan fingerprint density at radius 3 is 3.08 bits per heavy atom. The predicted octanol–water partition coefficient (Wildman–Crippen LogP) is 0.963. The first-order chi connectivity index (χ1) is 5.71. The van der Waals surface area contributed by atoms with E-state index in [2.05, 4.69) is 0 Å². The zero-order chi connectivity index (χ0) is 8.60. The molecule has 68 valence electrons. The van der Waals surface area contributed by atoms with Crippen LogP contribution in [0, 0.1) is 0 Å². The van der Waals surface area contributed by atoms with Crippen molar-refractivity contribution in [2.75, 3.05) is 0 Å². The van der Waals surface area contributed by atoms with Crippen LogP contribution in [-0.2, 0) is 9.53 Å². The molecule has 2 aliphatic rings. The molecule has 2 atom stereocenters. The Balaban J connectivity index is 2.11. The van der Waals surface area contributed by atoms with Gasteiger partial charge in [-0.2, -0.15) is 0 Å². The summed E-state index contributed by atoms with van der Waals surface area (Å²) in [7, 11) is 0. The van der Waals surface area contributed by atoms with Crippen molar-refractivity contribution in [2.45, 2.75) is 50.2 Å². The van der Waals surface area contributed by atoms with Gasteiger partial charge in [-0.15, -0.1) is 0 Å². The molecule has 0 bridgehead atoms. The van der Waals surface area contributed by atoms with Crippen molar-refractivity contribution in [3.8, 4) is 0 Å². The van der Waals surface area contributed by atoms with E-state index in [1.54, 1.807) is 0 Å². The average Bonchev–Trinajstić information content (AvgIpc) is 2.06. The highest BCUT2D eigenvalue weighted by atomic mass is 16.5. The van der Waals surface area contributed by atoms with Gasteiger partial charge in [0.05, 0.1) is 5.54 Å². The molecule has 0 amide bonds. The Bertz CT molecular complexity index is 205. The first kappa shape index (κ1) is 8.05. The summed E-state index contributed by atoms with van der Waals surface area (Å²) in [6, 6.07) is 0. The predicted molar refractivity (Wildman–Crippen MR) is 44.5 cm³/mol. The monoisotopic (exact) mass is 169 g/mol. The Labute approximate surface area is 72.3 Å². The van der Waals surface area contributed by atoms with Gasteiger partial charge in [-0.1, -0.05) is 6.42 Å². The van der Waals surface area contributed by atoms with Crippen LogP contribution in [0.4, 0.5) is 0 Å². The lowest BCUT2D eigenvalue weighted by molar-refractivity contribution is -0.162. The van der Waals surface area contributed by atoms with Crippen LogP contribution in [0.2, 0.25) is 0 Å². The fourth-order valence-electron chi connectivity index (χ4n) is 2.25. The number of carbonyl (C=O) groups excluding carboxylic acids is 1. The second kappa shape index (κ2) is 2.73. The Hall–Kier alpha value is -0.570. The van der Waals surface area contributed by atoms with Crippen LogP contribution in [0.15, 0.2) is 0 Å². The van der Waals surface area contributed by atoms with Crippen LogP contribution in [0.1, 0.15) is 38.5 Å². The average molecular weight is 169 g/mol. The van der Waals surface area contributed by atoms with Gasteiger partial charge in [0.15, 0.2) is 0 Å². The maximum Gasteiger partial charge on any atom is 0.306 e. The maximum atomic E-state index is 11.0. The number of fused-ring (bicyclic) bond motifs is 1. The summed E-state index contributed by atoms with van der Waals surface area (Å²) >= 11 is 0.